The van der Waals surface area contributed by atoms with Gasteiger partial charge in [0.15, 0.2) is 0 Å². The van der Waals surface area contributed by atoms with Gasteiger partial charge in [0, 0.05) is 25.0 Å². The third kappa shape index (κ3) is 2.64. The van der Waals surface area contributed by atoms with Crippen LogP contribution in [0, 0.1) is 0 Å². The molecule has 1 saturated carbocycles. The fourth-order valence-electron chi connectivity index (χ4n) is 2.10. The van der Waals surface area contributed by atoms with Gasteiger partial charge in [-0.25, -0.2) is 4.98 Å². The van der Waals surface area contributed by atoms with Gasteiger partial charge in [-0.3, -0.25) is 0 Å². The van der Waals surface area contributed by atoms with Gasteiger partial charge in [-0.1, -0.05) is 0 Å². The Labute approximate surface area is 107 Å². The van der Waals surface area contributed by atoms with Crippen molar-refractivity contribution < 1.29 is 4.42 Å². The van der Waals surface area contributed by atoms with Crippen molar-refractivity contribution in [3.8, 4) is 0 Å². The van der Waals surface area contributed by atoms with Crippen molar-refractivity contribution in [2.45, 2.75) is 45.3 Å². The molecule has 0 saturated heterocycles. The lowest BCUT2D eigenvalue weighted by molar-refractivity contribution is 0.448. The number of nitrogens with one attached hydrogen (secondary N) is 1. The van der Waals surface area contributed by atoms with E-state index < -0.39 is 0 Å². The highest BCUT2D eigenvalue weighted by atomic mass is 16.3. The predicted molar refractivity (Wildman–Crippen MR) is 69.3 cm³/mol. The van der Waals surface area contributed by atoms with Gasteiger partial charge in [0.1, 0.15) is 17.3 Å². The fourth-order valence-corrected chi connectivity index (χ4v) is 2.10. The zero-order valence-electron chi connectivity index (χ0n) is 10.7. The molecule has 1 fully saturated rings. The number of hydrogen-bond donors (Lipinski definition) is 1. The highest BCUT2D eigenvalue weighted by Gasteiger charge is 2.20. The Morgan fingerprint density at radius 3 is 3.00 bits per heavy atom. The van der Waals surface area contributed by atoms with Crippen LogP contribution in [0.25, 0.3) is 0 Å². The predicted octanol–water partition coefficient (Wildman–Crippen LogP) is 2.34. The van der Waals surface area contributed by atoms with Crippen molar-refractivity contribution in [3.05, 3.63) is 41.9 Å². The minimum atomic E-state index is 0.720. The third-order valence-electron chi connectivity index (χ3n) is 3.33. The van der Waals surface area contributed by atoms with Gasteiger partial charge in [0.2, 0.25) is 0 Å². The smallest absolute Gasteiger partial charge is 0.117 e. The third-order valence-corrected chi connectivity index (χ3v) is 3.33. The first-order chi connectivity index (χ1) is 8.85. The lowest BCUT2D eigenvalue weighted by Gasteiger charge is -2.02. The lowest BCUT2D eigenvalue weighted by atomic mass is 10.3. The minimum Gasteiger partial charge on any atom is -0.464 e. The molecular weight excluding hydrogens is 226 g/mol. The molecule has 0 unspecified atom stereocenters. The number of nitrogens with zero attached hydrogens (tertiary/aromatic N) is 2. The molecule has 0 atom stereocenters. The van der Waals surface area contributed by atoms with Gasteiger partial charge in [-0.2, -0.15) is 0 Å². The summed E-state index contributed by atoms with van der Waals surface area (Å²) in [7, 11) is 0. The summed E-state index contributed by atoms with van der Waals surface area (Å²) in [6, 6.07) is 4.83. The quantitative estimate of drug-likeness (QED) is 0.849. The number of aryl methyl sites for hydroxylation is 1. The van der Waals surface area contributed by atoms with Crippen LogP contribution in [0.4, 0.5) is 0 Å². The van der Waals surface area contributed by atoms with E-state index in [1.54, 1.807) is 0 Å². The van der Waals surface area contributed by atoms with E-state index >= 15 is 0 Å². The Bertz CT molecular complexity index is 511. The summed E-state index contributed by atoms with van der Waals surface area (Å²) in [6.07, 6.45) is 7.23. The van der Waals surface area contributed by atoms with Crippen LogP contribution in [0.1, 0.15) is 37.1 Å². The maximum Gasteiger partial charge on any atom is 0.117 e. The Hall–Kier alpha value is -1.55. The topological polar surface area (TPSA) is 43.0 Å². The van der Waals surface area contributed by atoms with Crippen LogP contribution in [-0.4, -0.2) is 15.6 Å². The van der Waals surface area contributed by atoms with Crippen LogP contribution in [-0.2, 0) is 19.5 Å². The van der Waals surface area contributed by atoms with Crippen molar-refractivity contribution in [1.29, 1.82) is 0 Å². The van der Waals surface area contributed by atoms with Crippen LogP contribution in [0.2, 0.25) is 0 Å². The number of imidazole rings is 1. The van der Waals surface area contributed by atoms with E-state index in [0.717, 1.165) is 42.9 Å². The molecule has 4 heteroatoms. The van der Waals surface area contributed by atoms with E-state index in [9.17, 15) is 0 Å². The van der Waals surface area contributed by atoms with Gasteiger partial charge >= 0.3 is 0 Å². The molecule has 0 amide bonds. The summed E-state index contributed by atoms with van der Waals surface area (Å²) in [4.78, 5) is 4.36. The average molecular weight is 245 g/mol. The van der Waals surface area contributed by atoms with Gasteiger partial charge in [0.25, 0.3) is 0 Å². The first kappa shape index (κ1) is 11.5. The zero-order chi connectivity index (χ0) is 12.4. The van der Waals surface area contributed by atoms with E-state index in [1.807, 2.05) is 12.4 Å². The van der Waals surface area contributed by atoms with Gasteiger partial charge in [-0.05, 0) is 31.9 Å². The highest BCUT2D eigenvalue weighted by Crippen LogP contribution is 2.20. The summed E-state index contributed by atoms with van der Waals surface area (Å²) in [5.74, 6) is 3.07. The zero-order valence-corrected chi connectivity index (χ0v) is 10.7. The molecular formula is C14H19N3O. The van der Waals surface area contributed by atoms with Crippen molar-refractivity contribution in [3.63, 3.8) is 0 Å². The van der Waals surface area contributed by atoms with Crippen LogP contribution in [0.3, 0.4) is 0 Å². The largest absolute Gasteiger partial charge is 0.464 e. The molecule has 18 heavy (non-hydrogen) atoms. The molecule has 3 rings (SSSR count). The second-order valence-electron chi connectivity index (χ2n) is 4.83. The SMILES string of the molecule is CCn1ccnc1Cc1ccc(CNC2CC2)o1. The molecule has 96 valence electrons. The molecule has 2 heterocycles. The summed E-state index contributed by atoms with van der Waals surface area (Å²) in [5, 5.41) is 3.45. The molecule has 0 radical (unpaired) electrons. The Morgan fingerprint density at radius 2 is 2.22 bits per heavy atom. The van der Waals surface area contributed by atoms with E-state index in [-0.39, 0.29) is 0 Å². The highest BCUT2D eigenvalue weighted by molar-refractivity contribution is 5.12. The van der Waals surface area contributed by atoms with Crippen molar-refractivity contribution in [2.75, 3.05) is 0 Å². The first-order valence-corrected chi connectivity index (χ1v) is 6.66. The van der Waals surface area contributed by atoms with Crippen LogP contribution >= 0.6 is 0 Å². The molecule has 4 nitrogen and oxygen atoms in total. The van der Waals surface area contributed by atoms with Crippen molar-refractivity contribution in [2.24, 2.45) is 0 Å². The summed E-state index contributed by atoms with van der Waals surface area (Å²) in [5.41, 5.74) is 0. The monoisotopic (exact) mass is 245 g/mol. The number of furan rings is 1. The van der Waals surface area contributed by atoms with E-state index in [1.165, 1.54) is 12.8 Å². The van der Waals surface area contributed by atoms with Crippen LogP contribution in [0.15, 0.2) is 28.9 Å². The van der Waals surface area contributed by atoms with E-state index in [2.05, 4.69) is 33.9 Å². The van der Waals surface area contributed by atoms with Gasteiger partial charge in [0.05, 0.1) is 13.0 Å². The Balaban J connectivity index is 1.61. The van der Waals surface area contributed by atoms with Crippen molar-refractivity contribution >= 4 is 0 Å². The van der Waals surface area contributed by atoms with Crippen LogP contribution < -0.4 is 5.32 Å². The number of rotatable bonds is 6. The van der Waals surface area contributed by atoms with Crippen LogP contribution in [0.5, 0.6) is 0 Å². The molecule has 2 aromatic rings. The lowest BCUT2D eigenvalue weighted by Crippen LogP contribution is -2.14. The Morgan fingerprint density at radius 1 is 1.39 bits per heavy atom. The standard InChI is InChI=1S/C14H19N3O/c1-2-17-8-7-15-14(17)9-12-5-6-13(18-12)10-16-11-3-4-11/h5-8,11,16H,2-4,9-10H2,1H3. The number of hydrogen-bond acceptors (Lipinski definition) is 3. The molecule has 1 N–H and O–H groups in total. The number of aromatic nitrogens is 2. The molecule has 2 aromatic heterocycles. The fraction of sp³-hybridized carbons (Fsp3) is 0.500. The maximum atomic E-state index is 5.82. The van der Waals surface area contributed by atoms with E-state index in [4.69, 9.17) is 4.42 Å². The maximum absolute atomic E-state index is 5.82. The summed E-state index contributed by atoms with van der Waals surface area (Å²) >= 11 is 0. The molecule has 0 aliphatic heterocycles. The first-order valence-electron chi connectivity index (χ1n) is 6.66. The molecule has 1 aliphatic carbocycles. The Kier molecular flexibility index (Phi) is 3.19. The summed E-state index contributed by atoms with van der Waals surface area (Å²) in [6.45, 7) is 3.91. The minimum absolute atomic E-state index is 0.720. The second-order valence-corrected chi connectivity index (χ2v) is 4.83. The average Bonchev–Trinajstić information content (AvgIpc) is 2.93. The second kappa shape index (κ2) is 4.98. The molecule has 0 spiro atoms. The molecule has 1 aliphatic rings. The van der Waals surface area contributed by atoms with Gasteiger partial charge < -0.3 is 14.3 Å². The summed E-state index contributed by atoms with van der Waals surface area (Å²) < 4.78 is 7.96. The molecule has 0 aromatic carbocycles. The van der Waals surface area contributed by atoms with E-state index in [0.29, 0.717) is 0 Å². The van der Waals surface area contributed by atoms with Crippen molar-refractivity contribution in [1.82, 2.24) is 14.9 Å². The van der Waals surface area contributed by atoms with Gasteiger partial charge in [-0.15, -0.1) is 0 Å². The molecule has 0 bridgehead atoms. The normalized spacial score (nSPS) is 15.2.